The molecule has 0 amide bonds. The number of benzene rings is 3. The molecule has 0 radical (unpaired) electrons. The number of sulfonamides is 1. The van der Waals surface area contributed by atoms with E-state index in [1.807, 2.05) is 68.4 Å². The van der Waals surface area contributed by atoms with Crippen molar-refractivity contribution in [3.8, 4) is 5.69 Å². The maximum atomic E-state index is 13.1. The number of aromatic nitrogens is 2. The van der Waals surface area contributed by atoms with Crippen LogP contribution < -0.4 is 0 Å². The number of nitrogens with zero attached hydrogens (tertiary/aromatic N) is 3. The Hall–Kier alpha value is -2.94. The van der Waals surface area contributed by atoms with Crippen molar-refractivity contribution >= 4 is 43.5 Å². The lowest BCUT2D eigenvalue weighted by molar-refractivity contribution is 0.286. The van der Waals surface area contributed by atoms with E-state index >= 15 is 0 Å². The predicted molar refractivity (Wildman–Crippen MR) is 142 cm³/mol. The van der Waals surface area contributed by atoms with E-state index in [4.69, 9.17) is 16.3 Å². The van der Waals surface area contributed by atoms with Crippen LogP contribution >= 0.6 is 27.5 Å². The van der Waals surface area contributed by atoms with E-state index in [-0.39, 0.29) is 23.8 Å². The van der Waals surface area contributed by atoms with E-state index < -0.39 is 10.0 Å². The quantitative estimate of drug-likeness (QED) is 0.188. The minimum absolute atomic E-state index is 0.0617. The Morgan fingerprint density at radius 3 is 2.23 bits per heavy atom. The number of rotatable bonds is 7. The van der Waals surface area contributed by atoms with Gasteiger partial charge in [0.05, 0.1) is 27.0 Å². The fourth-order valence-corrected chi connectivity index (χ4v) is 4.80. The standard InChI is InChI=1S/C26H23BrClN3O3S/c1-18-26(28)19(2)31(29-18)23-12-14-24(15-13-23)35(32,33)30-25(16-20-6-4-3-5-7-20)34-17-21-8-10-22(27)11-9-21/h3-15H,16-17H2,1-2H3/b30-25+. The molecule has 1 aromatic heterocycles. The number of halogens is 2. The normalized spacial score (nSPS) is 12.1. The molecule has 6 nitrogen and oxygen atoms in total. The number of ether oxygens (including phenoxy) is 1. The predicted octanol–water partition coefficient (Wildman–Crippen LogP) is 6.45. The zero-order valence-corrected chi connectivity index (χ0v) is 22.3. The van der Waals surface area contributed by atoms with Crippen molar-refractivity contribution in [1.82, 2.24) is 9.78 Å². The van der Waals surface area contributed by atoms with Gasteiger partial charge in [-0.3, -0.25) is 0 Å². The Balaban J connectivity index is 1.61. The first-order valence-electron chi connectivity index (χ1n) is 10.8. The number of aryl methyl sites for hydroxylation is 1. The average Bonchev–Trinajstić information content (AvgIpc) is 3.11. The van der Waals surface area contributed by atoms with Crippen LogP contribution in [0.25, 0.3) is 5.69 Å². The summed E-state index contributed by atoms with van der Waals surface area (Å²) in [5.41, 5.74) is 3.99. The van der Waals surface area contributed by atoms with E-state index in [0.29, 0.717) is 16.4 Å². The van der Waals surface area contributed by atoms with Crippen molar-refractivity contribution < 1.29 is 13.2 Å². The fourth-order valence-electron chi connectivity index (χ4n) is 3.45. The molecule has 3 aromatic carbocycles. The smallest absolute Gasteiger partial charge is 0.285 e. The molecule has 0 spiro atoms. The minimum Gasteiger partial charge on any atom is -0.475 e. The molecular weight excluding hydrogens is 550 g/mol. The van der Waals surface area contributed by atoms with Crippen LogP contribution in [0.1, 0.15) is 22.5 Å². The zero-order valence-electron chi connectivity index (χ0n) is 19.2. The third kappa shape index (κ3) is 6.20. The second-order valence-corrected chi connectivity index (χ2v) is 10.8. The van der Waals surface area contributed by atoms with E-state index in [1.54, 1.807) is 16.8 Å². The van der Waals surface area contributed by atoms with Gasteiger partial charge in [-0.05, 0) is 61.4 Å². The summed E-state index contributed by atoms with van der Waals surface area (Å²) in [6, 6.07) is 23.5. The molecule has 0 aliphatic rings. The Labute approximate surface area is 218 Å². The van der Waals surface area contributed by atoms with Crippen molar-refractivity contribution in [2.45, 2.75) is 31.8 Å². The third-order valence-corrected chi connectivity index (χ3v) is 7.71. The summed E-state index contributed by atoms with van der Waals surface area (Å²) in [7, 11) is -4.00. The van der Waals surface area contributed by atoms with E-state index in [2.05, 4.69) is 25.4 Å². The molecule has 4 rings (SSSR count). The molecule has 0 aliphatic carbocycles. The molecule has 1 heterocycles. The number of hydrogen-bond donors (Lipinski definition) is 0. The molecule has 0 unspecified atom stereocenters. The zero-order chi connectivity index (χ0) is 25.0. The van der Waals surface area contributed by atoms with Gasteiger partial charge < -0.3 is 4.74 Å². The van der Waals surface area contributed by atoms with Crippen LogP contribution in [-0.4, -0.2) is 24.1 Å². The van der Waals surface area contributed by atoms with Crippen molar-refractivity contribution in [3.05, 3.63) is 111 Å². The van der Waals surface area contributed by atoms with Crippen LogP contribution in [0.3, 0.4) is 0 Å². The maximum absolute atomic E-state index is 13.1. The van der Waals surface area contributed by atoms with Crippen LogP contribution in [0.15, 0.2) is 92.6 Å². The average molecular weight is 573 g/mol. The summed E-state index contributed by atoms with van der Waals surface area (Å²) in [6.07, 6.45) is 0.249. The molecular formula is C26H23BrClN3O3S. The molecule has 0 aliphatic heterocycles. The monoisotopic (exact) mass is 571 g/mol. The highest BCUT2D eigenvalue weighted by atomic mass is 79.9. The lowest BCUT2D eigenvalue weighted by Gasteiger charge is -2.11. The van der Waals surface area contributed by atoms with Crippen molar-refractivity contribution in [3.63, 3.8) is 0 Å². The van der Waals surface area contributed by atoms with Crippen LogP contribution in [0, 0.1) is 13.8 Å². The summed E-state index contributed by atoms with van der Waals surface area (Å²) >= 11 is 9.65. The van der Waals surface area contributed by atoms with Gasteiger partial charge in [0.25, 0.3) is 10.0 Å². The third-order valence-electron chi connectivity index (χ3n) is 5.32. The molecule has 0 atom stereocenters. The van der Waals surface area contributed by atoms with Gasteiger partial charge >= 0.3 is 0 Å². The summed E-state index contributed by atoms with van der Waals surface area (Å²) < 4.78 is 38.9. The summed E-state index contributed by atoms with van der Waals surface area (Å²) in [5, 5.41) is 4.99. The van der Waals surface area contributed by atoms with Crippen LogP contribution in [-0.2, 0) is 27.8 Å². The highest BCUT2D eigenvalue weighted by molar-refractivity contribution is 9.10. The van der Waals surface area contributed by atoms with Crippen LogP contribution in [0.4, 0.5) is 0 Å². The van der Waals surface area contributed by atoms with Gasteiger partial charge in [-0.1, -0.05) is 70.0 Å². The summed E-state index contributed by atoms with van der Waals surface area (Å²) in [6.45, 7) is 3.88. The number of hydrogen-bond acceptors (Lipinski definition) is 4. The molecule has 0 saturated carbocycles. The summed E-state index contributed by atoms with van der Waals surface area (Å²) in [5.74, 6) is 0.119. The van der Waals surface area contributed by atoms with Crippen LogP contribution in [0.2, 0.25) is 5.02 Å². The maximum Gasteiger partial charge on any atom is 0.285 e. The first kappa shape index (κ1) is 25.2. The van der Waals surface area contributed by atoms with E-state index in [0.717, 1.165) is 21.3 Å². The Kier molecular flexibility index (Phi) is 7.74. The lowest BCUT2D eigenvalue weighted by Crippen LogP contribution is -2.12. The van der Waals surface area contributed by atoms with Gasteiger partial charge in [0, 0.05) is 10.9 Å². The van der Waals surface area contributed by atoms with Crippen LogP contribution in [0.5, 0.6) is 0 Å². The van der Waals surface area contributed by atoms with Crippen molar-refractivity contribution in [2.75, 3.05) is 0 Å². The van der Waals surface area contributed by atoms with Gasteiger partial charge in [0.15, 0.2) is 0 Å². The minimum atomic E-state index is -4.00. The van der Waals surface area contributed by atoms with Gasteiger partial charge in [-0.15, -0.1) is 4.40 Å². The molecule has 9 heteroatoms. The molecule has 0 N–H and O–H groups in total. The van der Waals surface area contributed by atoms with Gasteiger partial charge in [0.2, 0.25) is 5.90 Å². The molecule has 0 fully saturated rings. The highest BCUT2D eigenvalue weighted by Gasteiger charge is 2.17. The van der Waals surface area contributed by atoms with Gasteiger partial charge in [-0.2, -0.15) is 13.5 Å². The second-order valence-electron chi connectivity index (χ2n) is 7.93. The fraction of sp³-hybridized carbons (Fsp3) is 0.154. The second kappa shape index (κ2) is 10.8. The van der Waals surface area contributed by atoms with Crippen molar-refractivity contribution in [1.29, 1.82) is 0 Å². The Morgan fingerprint density at radius 2 is 1.63 bits per heavy atom. The van der Waals surface area contributed by atoms with Gasteiger partial charge in [0.1, 0.15) is 6.61 Å². The first-order valence-corrected chi connectivity index (χ1v) is 13.4. The van der Waals surface area contributed by atoms with E-state index in [9.17, 15) is 8.42 Å². The first-order chi connectivity index (χ1) is 16.7. The van der Waals surface area contributed by atoms with E-state index in [1.165, 1.54) is 12.1 Å². The molecule has 0 bridgehead atoms. The summed E-state index contributed by atoms with van der Waals surface area (Å²) in [4.78, 5) is 0.0617. The lowest BCUT2D eigenvalue weighted by atomic mass is 10.1. The molecule has 35 heavy (non-hydrogen) atoms. The van der Waals surface area contributed by atoms with Crippen molar-refractivity contribution in [2.24, 2.45) is 4.40 Å². The largest absolute Gasteiger partial charge is 0.475 e. The molecule has 4 aromatic rings. The SMILES string of the molecule is Cc1nn(-c2ccc(S(=O)(=O)/N=C(\Cc3ccccc3)OCc3ccc(Br)cc3)cc2)c(C)c1Cl. The highest BCUT2D eigenvalue weighted by Crippen LogP contribution is 2.24. The Bertz CT molecular complexity index is 1450. The molecule has 180 valence electrons. The molecule has 0 saturated heterocycles. The topological polar surface area (TPSA) is 73.5 Å². The van der Waals surface area contributed by atoms with Gasteiger partial charge in [-0.25, -0.2) is 4.68 Å². The Morgan fingerprint density at radius 1 is 0.971 bits per heavy atom.